The van der Waals surface area contributed by atoms with Crippen molar-refractivity contribution in [2.75, 3.05) is 18.5 Å². The summed E-state index contributed by atoms with van der Waals surface area (Å²) in [7, 11) is 0. The van der Waals surface area contributed by atoms with Gasteiger partial charge in [0.25, 0.3) is 5.91 Å². The minimum atomic E-state index is -1.17. The van der Waals surface area contributed by atoms with Crippen molar-refractivity contribution >= 4 is 39.4 Å². The first-order valence-electron chi connectivity index (χ1n) is 9.74. The Morgan fingerprint density at radius 3 is 2.88 bits per heavy atom. The molecular weight excluding hydrogens is 416 g/mol. The van der Waals surface area contributed by atoms with Crippen molar-refractivity contribution < 1.29 is 23.8 Å². The third kappa shape index (κ3) is 4.60. The lowest BCUT2D eigenvalue weighted by Gasteiger charge is -2.16. The van der Waals surface area contributed by atoms with Gasteiger partial charge in [-0.15, -0.1) is 0 Å². The van der Waals surface area contributed by atoms with E-state index < -0.39 is 36.7 Å². The lowest BCUT2D eigenvalue weighted by molar-refractivity contribution is -0.128. The number of aliphatic hydroxyl groups is 1. The highest BCUT2D eigenvalue weighted by Gasteiger charge is 2.20. The number of aromatic amines is 1. The topological polar surface area (TPSA) is 147 Å². The van der Waals surface area contributed by atoms with Crippen molar-refractivity contribution in [3.8, 4) is 5.75 Å². The molecule has 164 valence electrons. The van der Waals surface area contributed by atoms with E-state index in [-0.39, 0.29) is 0 Å². The molecule has 32 heavy (non-hydrogen) atoms. The number of aromatic nitrogens is 2. The van der Waals surface area contributed by atoms with E-state index in [1.807, 2.05) is 0 Å². The van der Waals surface area contributed by atoms with Crippen LogP contribution >= 0.6 is 0 Å². The number of ether oxygens (including phenoxy) is 1. The number of hydrogen-bond donors (Lipinski definition) is 4. The van der Waals surface area contributed by atoms with Crippen molar-refractivity contribution in [1.29, 1.82) is 0 Å². The van der Waals surface area contributed by atoms with Gasteiger partial charge in [-0.3, -0.25) is 14.7 Å². The third-order valence-corrected chi connectivity index (χ3v) is 4.84. The van der Waals surface area contributed by atoms with Crippen molar-refractivity contribution in [3.05, 3.63) is 64.6 Å². The van der Waals surface area contributed by atoms with Crippen LogP contribution in [0.4, 0.5) is 5.69 Å². The summed E-state index contributed by atoms with van der Waals surface area (Å²) in [4.78, 5) is 36.2. The minimum absolute atomic E-state index is 0.319. The van der Waals surface area contributed by atoms with Gasteiger partial charge in [0.1, 0.15) is 17.4 Å². The number of nitrogens with zero attached hydrogens (tertiary/aromatic N) is 1. The Hall–Kier alpha value is -4.18. The summed E-state index contributed by atoms with van der Waals surface area (Å²) in [5.74, 6) is -0.865. The molecule has 0 saturated carbocycles. The van der Waals surface area contributed by atoms with Crippen LogP contribution < -0.4 is 21.0 Å². The van der Waals surface area contributed by atoms with Gasteiger partial charge in [0.05, 0.1) is 18.3 Å². The lowest BCUT2D eigenvalue weighted by Crippen LogP contribution is -2.47. The van der Waals surface area contributed by atoms with Crippen molar-refractivity contribution in [2.45, 2.75) is 13.0 Å². The van der Waals surface area contributed by atoms with Crippen LogP contribution in [0.5, 0.6) is 5.75 Å². The van der Waals surface area contributed by atoms with Crippen molar-refractivity contribution in [2.24, 2.45) is 0 Å². The van der Waals surface area contributed by atoms with Crippen LogP contribution in [-0.2, 0) is 9.59 Å². The summed E-state index contributed by atoms with van der Waals surface area (Å²) in [6.45, 7) is 0.802. The number of carbonyl (C=O) groups excluding carboxylic acids is 2. The molecule has 1 atom stereocenters. The first-order valence-corrected chi connectivity index (χ1v) is 9.74. The van der Waals surface area contributed by atoms with Gasteiger partial charge in [0.15, 0.2) is 6.61 Å². The first kappa shape index (κ1) is 21.1. The second-order valence-electron chi connectivity index (χ2n) is 7.16. The monoisotopic (exact) mass is 436 g/mol. The van der Waals surface area contributed by atoms with Crippen molar-refractivity contribution in [1.82, 2.24) is 15.5 Å². The maximum atomic E-state index is 12.4. The van der Waals surface area contributed by atoms with Gasteiger partial charge >= 0.3 is 5.63 Å². The lowest BCUT2D eigenvalue weighted by atomic mass is 10.1. The molecular formula is C22H20N4O6. The molecule has 0 aliphatic carbocycles. The number of fused-ring (bicyclic) bond motifs is 2. The summed E-state index contributed by atoms with van der Waals surface area (Å²) < 4.78 is 10.6. The molecule has 2 amide bonds. The molecule has 0 radical (unpaired) electrons. The maximum absolute atomic E-state index is 12.4. The Kier molecular flexibility index (Phi) is 5.86. The standard InChI is InChI=1S/C22H20N4O6/c1-12-6-21(29)32-19-8-15(4-5-16(12)19)31-11-20(28)25-18(10-27)22(30)24-14-3-2-13-9-23-26-17(13)7-14/h2-9,18,27H,10-11H2,1H3,(H,23,26)(H,24,30)(H,25,28). The molecule has 0 fully saturated rings. The van der Waals surface area contributed by atoms with Gasteiger partial charge in [-0.05, 0) is 42.8 Å². The number of hydrogen-bond acceptors (Lipinski definition) is 7. The zero-order valence-corrected chi connectivity index (χ0v) is 17.0. The van der Waals surface area contributed by atoms with Gasteiger partial charge in [0, 0.05) is 28.6 Å². The number of benzene rings is 2. The van der Waals surface area contributed by atoms with Crippen LogP contribution in [0.15, 0.2) is 57.9 Å². The molecule has 0 spiro atoms. The van der Waals surface area contributed by atoms with E-state index in [1.54, 1.807) is 43.5 Å². The number of carbonyl (C=O) groups is 2. The predicted molar refractivity (Wildman–Crippen MR) is 116 cm³/mol. The molecule has 0 aliphatic heterocycles. The molecule has 10 nitrogen and oxygen atoms in total. The second-order valence-corrected chi connectivity index (χ2v) is 7.16. The molecule has 1 unspecified atom stereocenters. The third-order valence-electron chi connectivity index (χ3n) is 4.84. The summed E-state index contributed by atoms with van der Waals surface area (Å²) in [6, 6.07) is 10.3. The average Bonchev–Trinajstić information content (AvgIpc) is 3.23. The van der Waals surface area contributed by atoms with Gasteiger partial charge in [0.2, 0.25) is 5.91 Å². The number of amides is 2. The number of nitrogens with one attached hydrogen (secondary N) is 3. The fourth-order valence-corrected chi connectivity index (χ4v) is 3.22. The van der Waals surface area contributed by atoms with E-state index in [0.717, 1.165) is 21.9 Å². The van der Waals surface area contributed by atoms with Crippen LogP contribution in [0, 0.1) is 6.92 Å². The van der Waals surface area contributed by atoms with E-state index in [0.29, 0.717) is 17.0 Å². The van der Waals surface area contributed by atoms with Gasteiger partial charge < -0.3 is 24.9 Å². The molecule has 2 heterocycles. The van der Waals surface area contributed by atoms with E-state index in [9.17, 15) is 19.5 Å². The zero-order chi connectivity index (χ0) is 22.7. The molecule has 2 aromatic heterocycles. The Labute approximate surface area is 181 Å². The van der Waals surface area contributed by atoms with Crippen LogP contribution in [0.25, 0.3) is 21.9 Å². The van der Waals surface area contributed by atoms with E-state index in [2.05, 4.69) is 20.8 Å². The first-order chi connectivity index (χ1) is 15.4. The fourth-order valence-electron chi connectivity index (χ4n) is 3.22. The molecule has 10 heteroatoms. The number of aliphatic hydroxyl groups excluding tert-OH is 1. The Bertz CT molecular complexity index is 1360. The number of H-pyrrole nitrogens is 1. The summed E-state index contributed by atoms with van der Waals surface area (Å²) in [5, 5.41) is 23.0. The van der Waals surface area contributed by atoms with E-state index >= 15 is 0 Å². The largest absolute Gasteiger partial charge is 0.484 e. The number of aryl methyl sites for hydroxylation is 1. The highest BCUT2D eigenvalue weighted by Crippen LogP contribution is 2.22. The van der Waals surface area contributed by atoms with Gasteiger partial charge in [-0.25, -0.2) is 4.79 Å². The molecule has 4 aromatic rings. The normalized spacial score (nSPS) is 11.9. The van der Waals surface area contributed by atoms with E-state index in [4.69, 9.17) is 9.15 Å². The fraction of sp³-hybridized carbons (Fsp3) is 0.182. The van der Waals surface area contributed by atoms with Crippen LogP contribution in [0.2, 0.25) is 0 Å². The highest BCUT2D eigenvalue weighted by molar-refractivity contribution is 5.98. The van der Waals surface area contributed by atoms with E-state index in [1.165, 1.54) is 12.1 Å². The minimum Gasteiger partial charge on any atom is -0.484 e. The molecule has 0 bridgehead atoms. The number of anilines is 1. The predicted octanol–water partition coefficient (Wildman–Crippen LogP) is 1.47. The van der Waals surface area contributed by atoms with Crippen LogP contribution in [-0.4, -0.2) is 46.4 Å². The summed E-state index contributed by atoms with van der Waals surface area (Å²) in [5.41, 5.74) is 1.86. The smallest absolute Gasteiger partial charge is 0.336 e. The molecule has 4 N–H and O–H groups in total. The Morgan fingerprint density at radius 1 is 1.22 bits per heavy atom. The SMILES string of the molecule is Cc1cc(=O)oc2cc(OCC(=O)NC(CO)C(=O)Nc3ccc4cn[nH]c4c3)ccc12. The van der Waals surface area contributed by atoms with Gasteiger partial charge in [-0.1, -0.05) is 0 Å². The molecule has 0 saturated heterocycles. The van der Waals surface area contributed by atoms with Crippen LogP contribution in [0.1, 0.15) is 5.56 Å². The highest BCUT2D eigenvalue weighted by atomic mass is 16.5. The molecule has 2 aromatic carbocycles. The molecule has 4 rings (SSSR count). The van der Waals surface area contributed by atoms with Crippen LogP contribution in [0.3, 0.4) is 0 Å². The maximum Gasteiger partial charge on any atom is 0.336 e. The van der Waals surface area contributed by atoms with Crippen molar-refractivity contribution in [3.63, 3.8) is 0 Å². The molecule has 0 aliphatic rings. The number of rotatable bonds is 7. The summed E-state index contributed by atoms with van der Waals surface area (Å²) >= 11 is 0. The summed E-state index contributed by atoms with van der Waals surface area (Å²) in [6.07, 6.45) is 1.65. The van der Waals surface area contributed by atoms with Gasteiger partial charge in [-0.2, -0.15) is 5.10 Å². The zero-order valence-electron chi connectivity index (χ0n) is 17.0. The Morgan fingerprint density at radius 2 is 2.06 bits per heavy atom. The quantitative estimate of drug-likeness (QED) is 0.321. The Balaban J connectivity index is 1.36. The average molecular weight is 436 g/mol. The second kappa shape index (κ2) is 8.90.